The molecule has 0 aliphatic rings. The number of fused-ring (bicyclic) bond motifs is 1. The van der Waals surface area contributed by atoms with E-state index in [4.69, 9.17) is 0 Å². The Balaban J connectivity index is 1.71. The molecule has 3 aromatic carbocycles. The minimum atomic E-state index is -4.45. The molecule has 2 atom stereocenters. The third kappa shape index (κ3) is 4.95. The zero-order chi connectivity index (χ0) is 23.6. The fourth-order valence-corrected chi connectivity index (χ4v) is 4.30. The molecule has 1 amide bonds. The van der Waals surface area contributed by atoms with E-state index in [1.165, 1.54) is 6.07 Å². The van der Waals surface area contributed by atoms with Crippen LogP contribution in [0.5, 0.6) is 0 Å². The van der Waals surface area contributed by atoms with Crippen LogP contribution in [0.15, 0.2) is 85.1 Å². The lowest BCUT2D eigenvalue weighted by Gasteiger charge is -2.21. The summed E-state index contributed by atoms with van der Waals surface area (Å²) >= 11 is 0. The van der Waals surface area contributed by atoms with Gasteiger partial charge in [-0.15, -0.1) is 0 Å². The molecular formula is C27H25F3N2O. The van der Waals surface area contributed by atoms with Crippen LogP contribution in [-0.2, 0) is 18.0 Å². The minimum absolute atomic E-state index is 0.0342. The lowest BCUT2D eigenvalue weighted by molar-refractivity contribution is -0.137. The maximum absolute atomic E-state index is 13.4. The number of alkyl halides is 3. The van der Waals surface area contributed by atoms with Crippen LogP contribution in [0.1, 0.15) is 47.6 Å². The second-order valence-electron chi connectivity index (χ2n) is 8.29. The first-order chi connectivity index (χ1) is 15.7. The van der Waals surface area contributed by atoms with Crippen molar-refractivity contribution in [2.45, 2.75) is 31.5 Å². The second-order valence-corrected chi connectivity index (χ2v) is 8.29. The Labute approximate surface area is 190 Å². The molecule has 0 aliphatic carbocycles. The molecule has 6 heteroatoms. The first-order valence-electron chi connectivity index (χ1n) is 10.8. The van der Waals surface area contributed by atoms with Crippen LogP contribution in [0.4, 0.5) is 13.2 Å². The Bertz CT molecular complexity index is 1260. The van der Waals surface area contributed by atoms with Gasteiger partial charge >= 0.3 is 6.18 Å². The number of carbonyl (C=O) groups excluding carboxylic acids is 1. The van der Waals surface area contributed by atoms with Gasteiger partial charge in [0.05, 0.1) is 11.6 Å². The average molecular weight is 451 g/mol. The second kappa shape index (κ2) is 9.14. The monoisotopic (exact) mass is 450 g/mol. The molecule has 33 heavy (non-hydrogen) atoms. The van der Waals surface area contributed by atoms with Crippen LogP contribution < -0.4 is 5.32 Å². The summed E-state index contributed by atoms with van der Waals surface area (Å²) in [5, 5.41) is 3.92. The number of aryl methyl sites for hydroxylation is 1. The third-order valence-electron chi connectivity index (χ3n) is 5.99. The van der Waals surface area contributed by atoms with Crippen molar-refractivity contribution >= 4 is 16.8 Å². The molecule has 0 fully saturated rings. The Morgan fingerprint density at radius 3 is 2.33 bits per heavy atom. The lowest BCUT2D eigenvalue weighted by Crippen LogP contribution is -2.28. The molecule has 4 rings (SSSR count). The van der Waals surface area contributed by atoms with Crippen LogP contribution in [-0.4, -0.2) is 10.5 Å². The summed E-state index contributed by atoms with van der Waals surface area (Å²) < 4.78 is 42.2. The molecule has 0 spiro atoms. The van der Waals surface area contributed by atoms with E-state index in [1.807, 2.05) is 79.3 Å². The molecule has 1 N–H and O–H groups in total. The van der Waals surface area contributed by atoms with Crippen LogP contribution >= 0.6 is 0 Å². The van der Waals surface area contributed by atoms with Crippen molar-refractivity contribution in [2.75, 3.05) is 0 Å². The van der Waals surface area contributed by atoms with E-state index in [2.05, 4.69) is 5.32 Å². The minimum Gasteiger partial charge on any atom is -0.350 e. The Morgan fingerprint density at radius 1 is 0.939 bits per heavy atom. The Hall–Kier alpha value is -3.54. The number of rotatable bonds is 6. The number of carbonyl (C=O) groups is 1. The van der Waals surface area contributed by atoms with Crippen LogP contribution in [0, 0.1) is 0 Å². The van der Waals surface area contributed by atoms with E-state index < -0.39 is 17.7 Å². The SMILES string of the molecule is C[C@H](NC(=O)C[C@@H](c1cccc(C(F)(F)F)c1)c1cn(C)c2ccccc12)c1ccccc1. The van der Waals surface area contributed by atoms with Gasteiger partial charge in [-0.2, -0.15) is 13.2 Å². The number of amides is 1. The summed E-state index contributed by atoms with van der Waals surface area (Å²) in [5.74, 6) is -0.747. The number of nitrogens with zero attached hydrogens (tertiary/aromatic N) is 1. The van der Waals surface area contributed by atoms with Crippen molar-refractivity contribution in [1.29, 1.82) is 0 Å². The Morgan fingerprint density at radius 2 is 1.61 bits per heavy atom. The normalized spacial score (nSPS) is 13.6. The van der Waals surface area contributed by atoms with Gasteiger partial charge < -0.3 is 9.88 Å². The van der Waals surface area contributed by atoms with Gasteiger partial charge in [-0.25, -0.2) is 0 Å². The maximum atomic E-state index is 13.4. The molecule has 170 valence electrons. The number of halogens is 3. The first kappa shape index (κ1) is 22.6. The molecule has 3 nitrogen and oxygen atoms in total. The highest BCUT2D eigenvalue weighted by Crippen LogP contribution is 2.37. The summed E-state index contributed by atoms with van der Waals surface area (Å²) in [6.07, 6.45) is -2.51. The van der Waals surface area contributed by atoms with Crippen molar-refractivity contribution < 1.29 is 18.0 Å². The van der Waals surface area contributed by atoms with Gasteiger partial charge in [0.15, 0.2) is 0 Å². The van der Waals surface area contributed by atoms with Crippen LogP contribution in [0.2, 0.25) is 0 Å². The van der Waals surface area contributed by atoms with E-state index in [-0.39, 0.29) is 18.4 Å². The van der Waals surface area contributed by atoms with Crippen molar-refractivity contribution in [3.05, 3.63) is 107 Å². The van der Waals surface area contributed by atoms with Gasteiger partial charge in [0, 0.05) is 36.5 Å². The molecule has 0 saturated carbocycles. The highest BCUT2D eigenvalue weighted by Gasteiger charge is 2.32. The van der Waals surface area contributed by atoms with E-state index in [1.54, 1.807) is 6.07 Å². The molecule has 0 saturated heterocycles. The molecule has 0 bridgehead atoms. The number of hydrogen-bond acceptors (Lipinski definition) is 1. The average Bonchev–Trinajstić information content (AvgIpc) is 3.14. The summed E-state index contributed by atoms with van der Waals surface area (Å²) in [5.41, 5.74) is 2.50. The fraction of sp³-hybridized carbons (Fsp3) is 0.222. The lowest BCUT2D eigenvalue weighted by atomic mass is 9.87. The number of nitrogens with one attached hydrogen (secondary N) is 1. The fourth-order valence-electron chi connectivity index (χ4n) is 4.30. The number of aromatic nitrogens is 1. The zero-order valence-corrected chi connectivity index (χ0v) is 18.4. The topological polar surface area (TPSA) is 34.0 Å². The van der Waals surface area contributed by atoms with E-state index in [9.17, 15) is 18.0 Å². The van der Waals surface area contributed by atoms with E-state index in [0.717, 1.165) is 34.2 Å². The van der Waals surface area contributed by atoms with Gasteiger partial charge in [0.2, 0.25) is 5.91 Å². The van der Waals surface area contributed by atoms with Gasteiger partial charge in [-0.1, -0.05) is 66.7 Å². The molecular weight excluding hydrogens is 425 g/mol. The summed E-state index contributed by atoms with van der Waals surface area (Å²) in [6, 6.07) is 22.3. The van der Waals surface area contributed by atoms with E-state index in [0.29, 0.717) is 5.56 Å². The molecule has 4 aromatic rings. The summed E-state index contributed by atoms with van der Waals surface area (Å²) in [7, 11) is 1.90. The zero-order valence-electron chi connectivity index (χ0n) is 18.4. The quantitative estimate of drug-likeness (QED) is 0.353. The van der Waals surface area contributed by atoms with Crippen molar-refractivity contribution in [3.8, 4) is 0 Å². The third-order valence-corrected chi connectivity index (χ3v) is 5.99. The molecule has 1 aromatic heterocycles. The predicted molar refractivity (Wildman–Crippen MR) is 124 cm³/mol. The van der Waals surface area contributed by atoms with Gasteiger partial charge in [-0.05, 0) is 35.7 Å². The predicted octanol–water partition coefficient (Wildman–Crippen LogP) is 6.60. The molecule has 0 aliphatic heterocycles. The molecule has 0 radical (unpaired) electrons. The van der Waals surface area contributed by atoms with Crippen LogP contribution in [0.25, 0.3) is 10.9 Å². The van der Waals surface area contributed by atoms with Crippen molar-refractivity contribution in [3.63, 3.8) is 0 Å². The highest BCUT2D eigenvalue weighted by molar-refractivity contribution is 5.86. The standard InChI is InChI=1S/C27H25F3N2O/c1-18(19-9-4-3-5-10-19)31-26(33)16-23(20-11-8-12-21(15-20)27(28,29)30)24-17-32(2)25-14-7-6-13-22(24)25/h3-15,17-18,23H,16H2,1-2H3,(H,31,33)/t18-,23-/m0/s1. The van der Waals surface area contributed by atoms with Crippen molar-refractivity contribution in [2.24, 2.45) is 7.05 Å². The van der Waals surface area contributed by atoms with Crippen molar-refractivity contribution in [1.82, 2.24) is 9.88 Å². The van der Waals surface area contributed by atoms with Crippen LogP contribution in [0.3, 0.4) is 0 Å². The maximum Gasteiger partial charge on any atom is 0.416 e. The van der Waals surface area contributed by atoms with Gasteiger partial charge in [-0.3, -0.25) is 4.79 Å². The van der Waals surface area contributed by atoms with Gasteiger partial charge in [0.1, 0.15) is 0 Å². The Kier molecular flexibility index (Phi) is 6.27. The van der Waals surface area contributed by atoms with Gasteiger partial charge in [0.25, 0.3) is 0 Å². The summed E-state index contributed by atoms with van der Waals surface area (Å²) in [6.45, 7) is 1.89. The smallest absolute Gasteiger partial charge is 0.350 e. The molecule has 0 unspecified atom stereocenters. The summed E-state index contributed by atoms with van der Waals surface area (Å²) in [4.78, 5) is 13.1. The number of hydrogen-bond donors (Lipinski definition) is 1. The molecule has 1 heterocycles. The number of para-hydroxylation sites is 1. The first-order valence-corrected chi connectivity index (χ1v) is 10.8. The highest BCUT2D eigenvalue weighted by atomic mass is 19.4. The largest absolute Gasteiger partial charge is 0.416 e. The number of benzene rings is 3. The van der Waals surface area contributed by atoms with E-state index >= 15 is 0 Å².